The fraction of sp³-hybridized carbons (Fsp3) is 0.818. The van der Waals surface area contributed by atoms with Crippen LogP contribution in [0.15, 0.2) is 4.79 Å². The van der Waals surface area contributed by atoms with E-state index in [0.29, 0.717) is 6.54 Å². The molecule has 1 aromatic rings. The van der Waals surface area contributed by atoms with Gasteiger partial charge in [0.1, 0.15) is 6.10 Å². The minimum Gasteiger partial charge on any atom is -0.370 e. The molecule has 2 aliphatic rings. The fourth-order valence-electron chi connectivity index (χ4n) is 2.44. The summed E-state index contributed by atoms with van der Waals surface area (Å²) in [5.41, 5.74) is 0.00417. The van der Waals surface area contributed by atoms with Crippen molar-refractivity contribution in [3.63, 3.8) is 0 Å². The standard InChI is InChI=1S/C11H18N4O2/c1-2-14-11(16)15(8-6-12-7-8)10(13-14)9-4-3-5-17-9/h8-9,12H,2-7H2,1H3. The molecule has 0 aliphatic carbocycles. The van der Waals surface area contributed by atoms with E-state index < -0.39 is 0 Å². The van der Waals surface area contributed by atoms with Gasteiger partial charge in [-0.3, -0.25) is 4.57 Å². The molecule has 0 amide bonds. The molecule has 94 valence electrons. The number of ether oxygens (including phenoxy) is 1. The van der Waals surface area contributed by atoms with Crippen LogP contribution in [-0.4, -0.2) is 34.0 Å². The predicted octanol–water partition coefficient (Wildman–Crippen LogP) is 0.0605. The highest BCUT2D eigenvalue weighted by molar-refractivity contribution is 5.00. The van der Waals surface area contributed by atoms with Gasteiger partial charge in [0.2, 0.25) is 0 Å². The van der Waals surface area contributed by atoms with Crippen LogP contribution in [0, 0.1) is 0 Å². The van der Waals surface area contributed by atoms with Crippen LogP contribution in [0.4, 0.5) is 0 Å². The molecule has 3 rings (SSSR count). The second kappa shape index (κ2) is 4.27. The summed E-state index contributed by atoms with van der Waals surface area (Å²) in [6.07, 6.45) is 2.04. The fourth-order valence-corrected chi connectivity index (χ4v) is 2.44. The summed E-state index contributed by atoms with van der Waals surface area (Å²) in [5, 5.41) is 7.62. The highest BCUT2D eigenvalue weighted by atomic mass is 16.5. The van der Waals surface area contributed by atoms with Crippen LogP contribution < -0.4 is 11.0 Å². The molecule has 3 heterocycles. The van der Waals surface area contributed by atoms with Crippen molar-refractivity contribution >= 4 is 0 Å². The van der Waals surface area contributed by atoms with E-state index in [4.69, 9.17) is 4.74 Å². The van der Waals surface area contributed by atoms with Crippen LogP contribution in [0.1, 0.15) is 37.7 Å². The average molecular weight is 238 g/mol. The molecule has 0 radical (unpaired) electrons. The molecule has 2 saturated heterocycles. The number of aryl methyl sites for hydroxylation is 1. The minimum absolute atomic E-state index is 0.00417. The summed E-state index contributed by atoms with van der Waals surface area (Å²) >= 11 is 0. The number of aromatic nitrogens is 3. The summed E-state index contributed by atoms with van der Waals surface area (Å²) < 4.78 is 9.02. The first-order chi connectivity index (χ1) is 8.31. The van der Waals surface area contributed by atoms with Crippen LogP contribution in [0.5, 0.6) is 0 Å². The maximum absolute atomic E-state index is 12.2. The lowest BCUT2D eigenvalue weighted by Crippen LogP contribution is -2.47. The molecule has 0 saturated carbocycles. The number of rotatable bonds is 3. The molecule has 1 atom stereocenters. The molecular formula is C11H18N4O2. The Bertz CT molecular complexity index is 455. The molecule has 0 aromatic carbocycles. The van der Waals surface area contributed by atoms with Crippen molar-refractivity contribution in [2.75, 3.05) is 19.7 Å². The van der Waals surface area contributed by atoms with E-state index in [-0.39, 0.29) is 17.8 Å². The first kappa shape index (κ1) is 11.0. The van der Waals surface area contributed by atoms with Crippen molar-refractivity contribution in [1.29, 1.82) is 0 Å². The minimum atomic E-state index is 0.00417. The van der Waals surface area contributed by atoms with Gasteiger partial charge in [0, 0.05) is 26.2 Å². The van der Waals surface area contributed by atoms with Crippen LogP contribution in [-0.2, 0) is 11.3 Å². The highest BCUT2D eigenvalue weighted by Gasteiger charge is 2.31. The van der Waals surface area contributed by atoms with Crippen molar-refractivity contribution in [3.8, 4) is 0 Å². The Hall–Kier alpha value is -1.14. The third-order valence-electron chi connectivity index (χ3n) is 3.54. The Morgan fingerprint density at radius 1 is 1.53 bits per heavy atom. The molecule has 6 heteroatoms. The largest absolute Gasteiger partial charge is 0.370 e. The van der Waals surface area contributed by atoms with Gasteiger partial charge in [-0.25, -0.2) is 9.48 Å². The molecule has 1 N–H and O–H groups in total. The smallest absolute Gasteiger partial charge is 0.346 e. The number of nitrogens with one attached hydrogen (secondary N) is 1. The van der Waals surface area contributed by atoms with E-state index in [1.807, 2.05) is 11.5 Å². The van der Waals surface area contributed by atoms with Gasteiger partial charge in [0.05, 0.1) is 6.04 Å². The number of hydrogen-bond donors (Lipinski definition) is 1. The third kappa shape index (κ3) is 1.71. The monoisotopic (exact) mass is 238 g/mol. The third-order valence-corrected chi connectivity index (χ3v) is 3.54. The van der Waals surface area contributed by atoms with Crippen LogP contribution in [0.3, 0.4) is 0 Å². The van der Waals surface area contributed by atoms with E-state index in [9.17, 15) is 4.79 Å². The van der Waals surface area contributed by atoms with Crippen LogP contribution >= 0.6 is 0 Å². The number of nitrogens with zero attached hydrogens (tertiary/aromatic N) is 3. The topological polar surface area (TPSA) is 61.1 Å². The molecule has 0 spiro atoms. The van der Waals surface area contributed by atoms with E-state index >= 15 is 0 Å². The van der Waals surface area contributed by atoms with Gasteiger partial charge in [-0.05, 0) is 19.8 Å². The first-order valence-corrected chi connectivity index (χ1v) is 6.32. The van der Waals surface area contributed by atoms with E-state index in [1.165, 1.54) is 4.68 Å². The van der Waals surface area contributed by atoms with Gasteiger partial charge < -0.3 is 10.1 Å². The lowest BCUT2D eigenvalue weighted by atomic mass is 10.1. The molecule has 2 aliphatic heterocycles. The molecular weight excluding hydrogens is 220 g/mol. The van der Waals surface area contributed by atoms with Gasteiger partial charge in [-0.15, -0.1) is 0 Å². The maximum Gasteiger partial charge on any atom is 0.346 e. The Labute approximate surface area is 99.6 Å². The van der Waals surface area contributed by atoms with Crippen LogP contribution in [0.25, 0.3) is 0 Å². The zero-order valence-electron chi connectivity index (χ0n) is 10.1. The Morgan fingerprint density at radius 3 is 2.88 bits per heavy atom. The molecule has 17 heavy (non-hydrogen) atoms. The van der Waals surface area contributed by atoms with E-state index in [2.05, 4.69) is 10.4 Å². The summed E-state index contributed by atoms with van der Waals surface area (Å²) in [4.78, 5) is 12.2. The zero-order valence-corrected chi connectivity index (χ0v) is 10.1. The summed E-state index contributed by atoms with van der Waals surface area (Å²) in [7, 11) is 0. The van der Waals surface area contributed by atoms with Crippen molar-refractivity contribution in [2.45, 2.75) is 38.5 Å². The summed E-state index contributed by atoms with van der Waals surface area (Å²) in [6, 6.07) is 0.252. The Balaban J connectivity index is 2.02. The summed E-state index contributed by atoms with van der Waals surface area (Å²) in [6.45, 7) is 5.05. The van der Waals surface area contributed by atoms with Gasteiger partial charge in [-0.2, -0.15) is 5.10 Å². The predicted molar refractivity (Wildman–Crippen MR) is 62.0 cm³/mol. The molecule has 0 bridgehead atoms. The average Bonchev–Trinajstić information content (AvgIpc) is 2.86. The zero-order chi connectivity index (χ0) is 11.8. The Kier molecular flexibility index (Phi) is 2.76. The molecule has 1 unspecified atom stereocenters. The maximum atomic E-state index is 12.2. The SMILES string of the molecule is CCn1nc(C2CCCO2)n(C2CNC2)c1=O. The second-order valence-corrected chi connectivity index (χ2v) is 4.64. The molecule has 1 aromatic heterocycles. The van der Waals surface area contributed by atoms with Gasteiger partial charge >= 0.3 is 5.69 Å². The van der Waals surface area contributed by atoms with Crippen LogP contribution in [0.2, 0.25) is 0 Å². The number of hydrogen-bond acceptors (Lipinski definition) is 4. The van der Waals surface area contributed by atoms with Crippen molar-refractivity contribution in [2.24, 2.45) is 0 Å². The second-order valence-electron chi connectivity index (χ2n) is 4.64. The quantitative estimate of drug-likeness (QED) is 0.809. The first-order valence-electron chi connectivity index (χ1n) is 6.32. The van der Waals surface area contributed by atoms with Gasteiger partial charge in [-0.1, -0.05) is 0 Å². The lowest BCUT2D eigenvalue weighted by Gasteiger charge is -2.29. The summed E-state index contributed by atoms with van der Waals surface area (Å²) in [5.74, 6) is 0.820. The van der Waals surface area contributed by atoms with Crippen molar-refractivity contribution in [3.05, 3.63) is 16.3 Å². The van der Waals surface area contributed by atoms with E-state index in [1.54, 1.807) is 0 Å². The van der Waals surface area contributed by atoms with Crippen molar-refractivity contribution in [1.82, 2.24) is 19.7 Å². The van der Waals surface area contributed by atoms with E-state index in [0.717, 1.165) is 38.4 Å². The lowest BCUT2D eigenvalue weighted by molar-refractivity contribution is 0.0978. The molecule has 2 fully saturated rings. The normalized spacial score (nSPS) is 25.1. The molecule has 6 nitrogen and oxygen atoms in total. The Morgan fingerprint density at radius 2 is 2.35 bits per heavy atom. The highest BCUT2D eigenvalue weighted by Crippen LogP contribution is 2.28. The van der Waals surface area contributed by atoms with Crippen molar-refractivity contribution < 1.29 is 4.74 Å². The van der Waals surface area contributed by atoms with Gasteiger partial charge in [0.15, 0.2) is 5.82 Å². The van der Waals surface area contributed by atoms with Gasteiger partial charge in [0.25, 0.3) is 0 Å².